The van der Waals surface area contributed by atoms with Crippen LogP contribution in [0.1, 0.15) is 38.7 Å². The van der Waals surface area contributed by atoms with Crippen molar-refractivity contribution < 1.29 is 8.42 Å². The van der Waals surface area contributed by atoms with E-state index in [9.17, 15) is 8.42 Å². The van der Waals surface area contributed by atoms with E-state index in [4.69, 9.17) is 11.6 Å². The summed E-state index contributed by atoms with van der Waals surface area (Å²) in [6, 6.07) is 5.02. The van der Waals surface area contributed by atoms with E-state index in [-0.39, 0.29) is 5.75 Å². The minimum Gasteiger partial charge on any atom is -0.224 e. The molecule has 0 fully saturated rings. The van der Waals surface area contributed by atoms with E-state index in [1.807, 2.05) is 6.07 Å². The fourth-order valence-electron chi connectivity index (χ4n) is 1.49. The summed E-state index contributed by atoms with van der Waals surface area (Å²) >= 11 is 6.10. The normalized spacial score (nSPS) is 13.8. The van der Waals surface area contributed by atoms with Crippen LogP contribution in [0.15, 0.2) is 23.1 Å². The fourth-order valence-corrected chi connectivity index (χ4v) is 2.83. The van der Waals surface area contributed by atoms with E-state index in [2.05, 4.69) is 13.8 Å². The van der Waals surface area contributed by atoms with Crippen molar-refractivity contribution in [3.63, 3.8) is 0 Å². The van der Waals surface area contributed by atoms with E-state index >= 15 is 0 Å². The Labute approximate surface area is 103 Å². The zero-order valence-electron chi connectivity index (χ0n) is 9.83. The quantitative estimate of drug-likeness (QED) is 0.828. The second kappa shape index (κ2) is 5.19. The van der Waals surface area contributed by atoms with Gasteiger partial charge in [0, 0.05) is 5.02 Å². The highest BCUT2D eigenvalue weighted by molar-refractivity contribution is 7.91. The van der Waals surface area contributed by atoms with Crippen LogP contribution in [0, 0.1) is 0 Å². The number of sulfone groups is 1. The van der Waals surface area contributed by atoms with Crippen molar-refractivity contribution in [2.24, 2.45) is 0 Å². The number of rotatable bonds is 4. The standard InChI is InChI=1S/C12H17ClO2S/c1-4-9(3)11-7-6-10(8-12(11)13)16(14,15)5-2/h6-9H,4-5H2,1-3H3. The zero-order valence-corrected chi connectivity index (χ0v) is 11.4. The van der Waals surface area contributed by atoms with Crippen LogP contribution in [-0.4, -0.2) is 14.2 Å². The van der Waals surface area contributed by atoms with Crippen molar-refractivity contribution in [3.05, 3.63) is 28.8 Å². The number of benzene rings is 1. The second-order valence-corrected chi connectivity index (χ2v) is 6.58. The molecule has 2 nitrogen and oxygen atoms in total. The second-order valence-electron chi connectivity index (χ2n) is 3.90. The molecule has 0 spiro atoms. The SMILES string of the molecule is CCC(C)c1ccc(S(=O)(=O)CC)cc1Cl. The van der Waals surface area contributed by atoms with E-state index in [1.165, 1.54) is 0 Å². The van der Waals surface area contributed by atoms with E-state index in [0.717, 1.165) is 12.0 Å². The van der Waals surface area contributed by atoms with Gasteiger partial charge in [-0.2, -0.15) is 0 Å². The summed E-state index contributed by atoms with van der Waals surface area (Å²) in [6.45, 7) is 5.79. The molecule has 4 heteroatoms. The summed E-state index contributed by atoms with van der Waals surface area (Å²) in [5.41, 5.74) is 1.01. The summed E-state index contributed by atoms with van der Waals surface area (Å²) in [4.78, 5) is 0.312. The smallest absolute Gasteiger partial charge is 0.178 e. The first-order chi connectivity index (χ1) is 7.42. The van der Waals surface area contributed by atoms with Gasteiger partial charge in [0.1, 0.15) is 0 Å². The molecule has 0 aliphatic rings. The third kappa shape index (κ3) is 2.77. The Morgan fingerprint density at radius 1 is 1.31 bits per heavy atom. The van der Waals surface area contributed by atoms with Crippen molar-refractivity contribution >= 4 is 21.4 Å². The lowest BCUT2D eigenvalue weighted by molar-refractivity contribution is 0.597. The summed E-state index contributed by atoms with van der Waals surface area (Å²) in [7, 11) is -3.15. The molecule has 0 aliphatic heterocycles. The molecule has 0 saturated heterocycles. The van der Waals surface area contributed by atoms with Crippen molar-refractivity contribution in [1.82, 2.24) is 0 Å². The molecule has 1 unspecified atom stereocenters. The maximum Gasteiger partial charge on any atom is 0.178 e. The van der Waals surface area contributed by atoms with Gasteiger partial charge in [0.05, 0.1) is 10.6 Å². The van der Waals surface area contributed by atoms with Gasteiger partial charge < -0.3 is 0 Å². The minimum absolute atomic E-state index is 0.103. The number of hydrogen-bond acceptors (Lipinski definition) is 2. The lowest BCUT2D eigenvalue weighted by atomic mass is 9.99. The molecule has 1 rings (SSSR count). The van der Waals surface area contributed by atoms with Crippen LogP contribution < -0.4 is 0 Å². The molecule has 0 saturated carbocycles. The van der Waals surface area contributed by atoms with Gasteiger partial charge in [-0.05, 0) is 30.0 Å². The van der Waals surface area contributed by atoms with E-state index < -0.39 is 9.84 Å². The third-order valence-corrected chi connectivity index (χ3v) is 4.91. The molecular weight excluding hydrogens is 244 g/mol. The largest absolute Gasteiger partial charge is 0.224 e. The molecule has 0 heterocycles. The molecule has 1 atom stereocenters. The Hall–Kier alpha value is -0.540. The first-order valence-electron chi connectivity index (χ1n) is 5.44. The van der Waals surface area contributed by atoms with Crippen molar-refractivity contribution in [2.45, 2.75) is 38.0 Å². The monoisotopic (exact) mass is 260 g/mol. The lowest BCUT2D eigenvalue weighted by Crippen LogP contribution is -2.04. The van der Waals surface area contributed by atoms with Crippen molar-refractivity contribution in [1.29, 1.82) is 0 Å². The van der Waals surface area contributed by atoms with Crippen LogP contribution in [0.2, 0.25) is 5.02 Å². The summed E-state index contributed by atoms with van der Waals surface area (Å²) in [5.74, 6) is 0.456. The molecule has 1 aromatic rings. The van der Waals surface area contributed by atoms with Crippen molar-refractivity contribution in [3.8, 4) is 0 Å². The third-order valence-electron chi connectivity index (χ3n) is 2.85. The number of halogens is 1. The van der Waals surface area contributed by atoms with Gasteiger partial charge in [-0.3, -0.25) is 0 Å². The Morgan fingerprint density at radius 2 is 1.94 bits per heavy atom. The summed E-state index contributed by atoms with van der Waals surface area (Å²) < 4.78 is 23.3. The minimum atomic E-state index is -3.15. The topological polar surface area (TPSA) is 34.1 Å². The maximum atomic E-state index is 11.6. The molecule has 0 bridgehead atoms. The lowest BCUT2D eigenvalue weighted by Gasteiger charge is -2.12. The van der Waals surface area contributed by atoms with Crippen molar-refractivity contribution in [2.75, 3.05) is 5.75 Å². The van der Waals surface area contributed by atoms with Crippen LogP contribution in [-0.2, 0) is 9.84 Å². The Bertz CT molecular complexity index is 466. The molecule has 0 radical (unpaired) electrons. The van der Waals surface area contributed by atoms with Crippen LogP contribution in [0.5, 0.6) is 0 Å². The molecule has 0 N–H and O–H groups in total. The predicted molar refractivity (Wildman–Crippen MR) is 67.9 cm³/mol. The molecule has 90 valence electrons. The van der Waals surface area contributed by atoms with Gasteiger partial charge in [0.15, 0.2) is 9.84 Å². The first-order valence-corrected chi connectivity index (χ1v) is 7.47. The molecule has 0 aliphatic carbocycles. The first kappa shape index (κ1) is 13.5. The molecule has 1 aromatic carbocycles. The highest BCUT2D eigenvalue weighted by Crippen LogP contribution is 2.29. The van der Waals surface area contributed by atoms with Gasteiger partial charge in [0.25, 0.3) is 0 Å². The fraction of sp³-hybridized carbons (Fsp3) is 0.500. The van der Waals surface area contributed by atoms with Gasteiger partial charge in [-0.1, -0.05) is 38.4 Å². The Kier molecular flexibility index (Phi) is 4.39. The Balaban J connectivity index is 3.19. The molecular formula is C12H17ClO2S. The average Bonchev–Trinajstić information content (AvgIpc) is 2.28. The zero-order chi connectivity index (χ0) is 12.3. The number of hydrogen-bond donors (Lipinski definition) is 0. The van der Waals surface area contributed by atoms with Crippen LogP contribution in [0.3, 0.4) is 0 Å². The van der Waals surface area contributed by atoms with E-state index in [1.54, 1.807) is 19.1 Å². The Morgan fingerprint density at radius 3 is 2.38 bits per heavy atom. The highest BCUT2D eigenvalue weighted by atomic mass is 35.5. The summed E-state index contributed by atoms with van der Waals surface area (Å²) in [5, 5.41) is 0.545. The van der Waals surface area contributed by atoms with Crippen LogP contribution in [0.4, 0.5) is 0 Å². The van der Waals surface area contributed by atoms with Crippen LogP contribution >= 0.6 is 11.6 Å². The van der Waals surface area contributed by atoms with Gasteiger partial charge in [0.2, 0.25) is 0 Å². The molecule has 0 aromatic heterocycles. The van der Waals surface area contributed by atoms with Gasteiger partial charge in [-0.15, -0.1) is 0 Å². The highest BCUT2D eigenvalue weighted by Gasteiger charge is 2.15. The van der Waals surface area contributed by atoms with Gasteiger partial charge in [-0.25, -0.2) is 8.42 Å². The summed E-state index contributed by atoms with van der Waals surface area (Å²) in [6.07, 6.45) is 0.986. The van der Waals surface area contributed by atoms with Gasteiger partial charge >= 0.3 is 0 Å². The molecule has 16 heavy (non-hydrogen) atoms. The van der Waals surface area contributed by atoms with E-state index in [0.29, 0.717) is 15.8 Å². The average molecular weight is 261 g/mol. The predicted octanol–water partition coefficient (Wildman–Crippen LogP) is 3.65. The molecule has 0 amide bonds. The van der Waals surface area contributed by atoms with Crippen LogP contribution in [0.25, 0.3) is 0 Å². The maximum absolute atomic E-state index is 11.6.